The first-order valence-electron chi connectivity index (χ1n) is 9.78. The molecule has 160 valence electrons. The fourth-order valence-corrected chi connectivity index (χ4v) is 3.24. The Bertz CT molecular complexity index is 1260. The molecule has 0 bridgehead atoms. The average Bonchev–Trinajstić information content (AvgIpc) is 3.50. The number of benzene rings is 2. The Hall–Kier alpha value is -4.46. The highest BCUT2D eigenvalue weighted by molar-refractivity contribution is 6.09. The summed E-state index contributed by atoms with van der Waals surface area (Å²) >= 11 is 0. The topological polar surface area (TPSA) is 110 Å². The van der Waals surface area contributed by atoms with E-state index in [1.807, 2.05) is 30.3 Å². The Morgan fingerprint density at radius 2 is 1.84 bits per heavy atom. The number of rotatable bonds is 8. The van der Waals surface area contributed by atoms with Gasteiger partial charge >= 0.3 is 0 Å². The second kappa shape index (κ2) is 9.13. The van der Waals surface area contributed by atoms with Crippen LogP contribution < -0.4 is 4.74 Å². The van der Waals surface area contributed by atoms with Crippen molar-refractivity contribution < 1.29 is 19.4 Å². The van der Waals surface area contributed by atoms with Crippen LogP contribution in [0.5, 0.6) is 5.75 Å². The van der Waals surface area contributed by atoms with Gasteiger partial charge in [0.2, 0.25) is 11.6 Å². The third kappa shape index (κ3) is 4.49. The van der Waals surface area contributed by atoms with Gasteiger partial charge in [-0.05, 0) is 23.8 Å². The molecule has 2 heterocycles. The number of nitrogens with one attached hydrogen (secondary N) is 1. The molecule has 2 aromatic carbocycles. The van der Waals surface area contributed by atoms with E-state index in [0.717, 1.165) is 17.4 Å². The number of methoxy groups -OCH3 is 1. The van der Waals surface area contributed by atoms with Gasteiger partial charge in [0.05, 0.1) is 12.8 Å². The zero-order valence-corrected chi connectivity index (χ0v) is 17.2. The van der Waals surface area contributed by atoms with Gasteiger partial charge in [0.1, 0.15) is 17.8 Å². The van der Waals surface area contributed by atoms with Crippen LogP contribution in [0.4, 0.5) is 0 Å². The van der Waals surface area contributed by atoms with E-state index >= 15 is 0 Å². The van der Waals surface area contributed by atoms with Crippen molar-refractivity contribution in [2.75, 3.05) is 7.11 Å². The van der Waals surface area contributed by atoms with Gasteiger partial charge in [-0.25, -0.2) is 4.98 Å². The molecule has 4 aromatic rings. The Kier molecular flexibility index (Phi) is 5.94. The minimum absolute atomic E-state index is 0.00907. The van der Waals surface area contributed by atoms with E-state index in [-0.39, 0.29) is 17.4 Å². The number of ether oxygens (including phenoxy) is 1. The fourth-order valence-electron chi connectivity index (χ4n) is 3.24. The molecule has 2 aromatic heterocycles. The predicted molar refractivity (Wildman–Crippen MR) is 118 cm³/mol. The first-order chi connectivity index (χ1) is 15.5. The zero-order chi connectivity index (χ0) is 22.5. The number of hydrogen-bond acceptors (Lipinski definition) is 6. The first kappa shape index (κ1) is 20.8. The summed E-state index contributed by atoms with van der Waals surface area (Å²) in [5.41, 5.74) is 2.19. The van der Waals surface area contributed by atoms with Gasteiger partial charge in [0, 0.05) is 29.9 Å². The molecule has 0 unspecified atom stereocenters. The number of allylic oxidation sites excluding steroid dienone is 1. The highest BCUT2D eigenvalue weighted by Crippen LogP contribution is 2.22. The fraction of sp³-hybridized carbons (Fsp3) is 0.0833. The lowest BCUT2D eigenvalue weighted by atomic mass is 10.1. The molecule has 0 aliphatic heterocycles. The number of nitrogens with zero attached hydrogens (tertiary/aromatic N) is 3. The molecule has 0 atom stereocenters. The number of aromatic amines is 1. The van der Waals surface area contributed by atoms with Crippen LogP contribution in [-0.2, 0) is 6.54 Å². The molecule has 8 heteroatoms. The minimum atomic E-state index is -0.529. The maximum absolute atomic E-state index is 13.2. The summed E-state index contributed by atoms with van der Waals surface area (Å²) in [6.07, 6.45) is 3.89. The van der Waals surface area contributed by atoms with E-state index in [2.05, 4.69) is 15.2 Å². The summed E-state index contributed by atoms with van der Waals surface area (Å²) in [5, 5.41) is 16.6. The minimum Gasteiger partial charge on any atom is -0.507 e. The van der Waals surface area contributed by atoms with Crippen molar-refractivity contribution in [3.05, 3.63) is 107 Å². The van der Waals surface area contributed by atoms with Gasteiger partial charge in [0.15, 0.2) is 5.82 Å². The van der Waals surface area contributed by atoms with Crippen molar-refractivity contribution in [1.82, 2.24) is 19.7 Å². The maximum Gasteiger partial charge on any atom is 0.226 e. The first-order valence-corrected chi connectivity index (χ1v) is 9.78. The largest absolute Gasteiger partial charge is 0.507 e. The molecule has 8 nitrogen and oxygen atoms in total. The van der Waals surface area contributed by atoms with Crippen molar-refractivity contribution in [3.8, 4) is 5.75 Å². The highest BCUT2D eigenvalue weighted by Gasteiger charge is 2.18. The second-order valence-electron chi connectivity index (χ2n) is 7.01. The van der Waals surface area contributed by atoms with Gasteiger partial charge in [0.25, 0.3) is 0 Å². The Morgan fingerprint density at radius 3 is 2.50 bits per heavy atom. The lowest BCUT2D eigenvalue weighted by Gasteiger charge is -2.09. The van der Waals surface area contributed by atoms with E-state index in [0.29, 0.717) is 23.4 Å². The van der Waals surface area contributed by atoms with Gasteiger partial charge in [-0.1, -0.05) is 42.5 Å². The van der Waals surface area contributed by atoms with Crippen LogP contribution >= 0.6 is 0 Å². The van der Waals surface area contributed by atoms with Gasteiger partial charge in [-0.15, -0.1) is 0 Å². The maximum atomic E-state index is 13.2. The molecule has 0 fully saturated rings. The van der Waals surface area contributed by atoms with Crippen molar-refractivity contribution in [1.29, 1.82) is 0 Å². The van der Waals surface area contributed by atoms with Gasteiger partial charge in [-0.2, -0.15) is 5.10 Å². The number of aliphatic hydroxyl groups is 1. The van der Waals surface area contributed by atoms with E-state index < -0.39 is 5.78 Å². The van der Waals surface area contributed by atoms with Crippen LogP contribution in [0.3, 0.4) is 0 Å². The van der Waals surface area contributed by atoms with Crippen LogP contribution in [0.1, 0.15) is 37.8 Å². The molecule has 0 aliphatic rings. The molecule has 0 amide bonds. The normalized spacial score (nSPS) is 11.3. The predicted octanol–water partition coefficient (Wildman–Crippen LogP) is 3.68. The van der Waals surface area contributed by atoms with Gasteiger partial charge in [-0.3, -0.25) is 14.7 Å². The quantitative estimate of drug-likeness (QED) is 0.252. The van der Waals surface area contributed by atoms with Crippen molar-refractivity contribution >= 4 is 17.3 Å². The molecule has 0 aliphatic carbocycles. The Balaban J connectivity index is 1.70. The molecule has 32 heavy (non-hydrogen) atoms. The molecular weight excluding hydrogens is 408 g/mol. The third-order valence-corrected chi connectivity index (χ3v) is 4.89. The highest BCUT2D eigenvalue weighted by atomic mass is 16.5. The third-order valence-electron chi connectivity index (χ3n) is 4.89. The average molecular weight is 428 g/mol. The number of carbonyl (C=O) groups excluding carboxylic acids is 2. The molecule has 0 saturated carbocycles. The molecule has 2 N–H and O–H groups in total. The molecule has 4 rings (SSSR count). The summed E-state index contributed by atoms with van der Waals surface area (Å²) < 4.78 is 6.94. The van der Waals surface area contributed by atoms with E-state index in [4.69, 9.17) is 4.74 Å². The van der Waals surface area contributed by atoms with Crippen molar-refractivity contribution in [2.45, 2.75) is 6.54 Å². The van der Waals surface area contributed by atoms with Crippen LogP contribution in [0.25, 0.3) is 5.76 Å². The SMILES string of the molecule is COc1ccc(Cn2cc(C(O)=CC(=O)c3ncn[nH]3)cc2C(=O)c2ccccc2)cc1. The zero-order valence-electron chi connectivity index (χ0n) is 17.2. The number of aliphatic hydroxyl groups excluding tert-OH is 1. The molecular formula is C24H20N4O4. The monoisotopic (exact) mass is 428 g/mol. The number of H-pyrrole nitrogens is 1. The van der Waals surface area contributed by atoms with Gasteiger partial charge < -0.3 is 14.4 Å². The molecule has 0 spiro atoms. The number of carbonyl (C=O) groups is 2. The van der Waals surface area contributed by atoms with Crippen LogP contribution in [0, 0.1) is 0 Å². The lowest BCUT2D eigenvalue weighted by molar-refractivity contribution is 0.102. The summed E-state index contributed by atoms with van der Waals surface area (Å²) in [6, 6.07) is 17.9. The van der Waals surface area contributed by atoms with Crippen LogP contribution in [0.15, 0.2) is 79.3 Å². The Morgan fingerprint density at radius 1 is 1.09 bits per heavy atom. The van der Waals surface area contributed by atoms with Crippen molar-refractivity contribution in [3.63, 3.8) is 0 Å². The summed E-state index contributed by atoms with van der Waals surface area (Å²) in [5.74, 6) is -0.260. The molecule has 0 radical (unpaired) electrons. The molecule has 0 saturated heterocycles. The Labute approximate surface area is 183 Å². The smallest absolute Gasteiger partial charge is 0.226 e. The van der Waals surface area contributed by atoms with E-state index in [1.165, 1.54) is 6.33 Å². The lowest BCUT2D eigenvalue weighted by Crippen LogP contribution is -2.10. The van der Waals surface area contributed by atoms with E-state index in [9.17, 15) is 14.7 Å². The van der Waals surface area contributed by atoms with Crippen LogP contribution in [-0.4, -0.2) is 43.5 Å². The van der Waals surface area contributed by atoms with E-state index in [1.54, 1.807) is 48.2 Å². The second-order valence-corrected chi connectivity index (χ2v) is 7.01. The number of ketones is 2. The summed E-state index contributed by atoms with van der Waals surface area (Å²) in [4.78, 5) is 29.2. The van der Waals surface area contributed by atoms with Crippen LogP contribution in [0.2, 0.25) is 0 Å². The van der Waals surface area contributed by atoms with Crippen molar-refractivity contribution in [2.24, 2.45) is 0 Å². The standard InChI is InChI=1S/C24H20N4O4/c1-32-19-9-7-16(8-10-19)13-28-14-18(21(29)12-22(30)24-25-15-26-27-24)11-20(28)23(31)17-5-3-2-4-6-17/h2-12,14-15,29H,13H2,1H3,(H,25,26,27). The summed E-state index contributed by atoms with van der Waals surface area (Å²) in [6.45, 7) is 0.390. The number of aromatic nitrogens is 4. The number of hydrogen-bond donors (Lipinski definition) is 2. The summed E-state index contributed by atoms with van der Waals surface area (Å²) in [7, 11) is 1.60.